The van der Waals surface area contributed by atoms with Gasteiger partial charge in [0.2, 0.25) is 0 Å². The average Bonchev–Trinajstić information content (AvgIpc) is 3.48. The molecule has 194 valence electrons. The summed E-state index contributed by atoms with van der Waals surface area (Å²) in [6.45, 7) is 4.26. The van der Waals surface area contributed by atoms with Gasteiger partial charge in [-0.3, -0.25) is 19.2 Å². The molecular weight excluding hydrogens is 505 g/mol. The highest BCUT2D eigenvalue weighted by Crippen LogP contribution is 2.36. The number of halogens is 3. The van der Waals surface area contributed by atoms with Gasteiger partial charge < -0.3 is 15.4 Å². The molecular formula is C25H25F3N6O2S. The van der Waals surface area contributed by atoms with Crippen molar-refractivity contribution in [2.45, 2.75) is 19.3 Å². The van der Waals surface area contributed by atoms with E-state index in [9.17, 15) is 18.0 Å². The molecule has 37 heavy (non-hydrogen) atoms. The van der Waals surface area contributed by atoms with E-state index in [4.69, 9.17) is 10.5 Å². The monoisotopic (exact) mass is 530 g/mol. The third kappa shape index (κ3) is 5.45. The lowest BCUT2D eigenvalue weighted by atomic mass is 10.1. The second kappa shape index (κ2) is 10.1. The summed E-state index contributed by atoms with van der Waals surface area (Å²) in [4.78, 5) is 25.8. The van der Waals surface area contributed by atoms with Crippen molar-refractivity contribution in [1.29, 1.82) is 0 Å². The van der Waals surface area contributed by atoms with E-state index < -0.39 is 17.6 Å². The summed E-state index contributed by atoms with van der Waals surface area (Å²) in [5, 5.41) is 0.604. The summed E-state index contributed by atoms with van der Waals surface area (Å²) in [5.41, 5.74) is 7.12. The molecule has 0 saturated carbocycles. The molecule has 0 bridgehead atoms. The highest BCUT2D eigenvalue weighted by atomic mass is 32.1. The number of likely N-dealkylation sites (N-methyl/N-ethyl adjacent to an activating group) is 1. The van der Waals surface area contributed by atoms with Crippen LogP contribution in [0.4, 0.5) is 13.2 Å². The SMILES string of the molecule is CN1CCN(Cc2cc3c(cn2)ncn3-c2cc(OCc3ccccc3C(F)(F)F)c(C(N)=O)s2)CC1. The largest absolute Gasteiger partial charge is 0.487 e. The molecule has 1 amide bonds. The van der Waals surface area contributed by atoms with E-state index in [1.165, 1.54) is 18.2 Å². The van der Waals surface area contributed by atoms with Gasteiger partial charge in [0.05, 0.1) is 23.0 Å². The van der Waals surface area contributed by atoms with Gasteiger partial charge >= 0.3 is 6.18 Å². The van der Waals surface area contributed by atoms with Crippen LogP contribution in [0, 0.1) is 0 Å². The van der Waals surface area contributed by atoms with Crippen molar-refractivity contribution >= 4 is 28.3 Å². The maximum Gasteiger partial charge on any atom is 0.416 e. The number of thiophene rings is 1. The molecule has 1 fully saturated rings. The minimum Gasteiger partial charge on any atom is -0.487 e. The van der Waals surface area contributed by atoms with Crippen LogP contribution < -0.4 is 10.5 Å². The Morgan fingerprint density at radius 3 is 2.62 bits per heavy atom. The second-order valence-electron chi connectivity index (χ2n) is 8.94. The highest BCUT2D eigenvalue weighted by Gasteiger charge is 2.33. The number of imidazole rings is 1. The molecule has 2 N–H and O–H groups in total. The number of primary amides is 1. The Balaban J connectivity index is 1.41. The molecule has 4 aromatic rings. The fourth-order valence-electron chi connectivity index (χ4n) is 4.29. The third-order valence-corrected chi connectivity index (χ3v) is 7.45. The smallest absolute Gasteiger partial charge is 0.416 e. The van der Waals surface area contributed by atoms with Crippen molar-refractivity contribution in [3.8, 4) is 10.8 Å². The van der Waals surface area contributed by atoms with Gasteiger partial charge in [-0.1, -0.05) is 18.2 Å². The molecule has 0 spiro atoms. The van der Waals surface area contributed by atoms with Crippen molar-refractivity contribution in [2.24, 2.45) is 5.73 Å². The molecule has 0 unspecified atom stereocenters. The van der Waals surface area contributed by atoms with Gasteiger partial charge in [0.1, 0.15) is 34.1 Å². The number of nitrogens with two attached hydrogens (primary N) is 1. The van der Waals surface area contributed by atoms with Crippen LogP contribution in [0.1, 0.15) is 26.5 Å². The van der Waals surface area contributed by atoms with Crippen LogP contribution in [0.3, 0.4) is 0 Å². The van der Waals surface area contributed by atoms with Crippen molar-refractivity contribution in [3.05, 3.63) is 70.6 Å². The fraction of sp³-hybridized carbons (Fsp3) is 0.320. The van der Waals surface area contributed by atoms with Crippen LogP contribution in [-0.4, -0.2) is 63.5 Å². The van der Waals surface area contributed by atoms with Crippen LogP contribution >= 0.6 is 11.3 Å². The summed E-state index contributed by atoms with van der Waals surface area (Å²) >= 11 is 1.09. The predicted molar refractivity (Wildman–Crippen MR) is 134 cm³/mol. The van der Waals surface area contributed by atoms with Crippen molar-refractivity contribution in [2.75, 3.05) is 33.2 Å². The molecule has 12 heteroatoms. The second-order valence-corrected chi connectivity index (χ2v) is 9.97. The molecule has 1 aliphatic rings. The number of pyridine rings is 1. The Morgan fingerprint density at radius 2 is 1.89 bits per heavy atom. The molecule has 0 radical (unpaired) electrons. The first-order valence-electron chi connectivity index (χ1n) is 11.6. The normalized spacial score (nSPS) is 15.4. The van der Waals surface area contributed by atoms with Gasteiger partial charge in [-0.15, -0.1) is 11.3 Å². The number of aromatic nitrogens is 3. The van der Waals surface area contributed by atoms with Gasteiger partial charge in [0.25, 0.3) is 5.91 Å². The Kier molecular flexibility index (Phi) is 6.88. The van der Waals surface area contributed by atoms with Crippen LogP contribution in [0.25, 0.3) is 16.0 Å². The summed E-state index contributed by atoms with van der Waals surface area (Å²) < 4.78 is 47.6. The number of rotatable bonds is 7. The van der Waals surface area contributed by atoms with E-state index in [0.717, 1.165) is 54.8 Å². The number of alkyl halides is 3. The van der Waals surface area contributed by atoms with Gasteiger partial charge in [-0.25, -0.2) is 4.98 Å². The molecule has 0 atom stereocenters. The summed E-state index contributed by atoms with van der Waals surface area (Å²) in [6, 6.07) is 8.73. The lowest BCUT2D eigenvalue weighted by Gasteiger charge is -2.32. The molecule has 1 aromatic carbocycles. The summed E-state index contributed by atoms with van der Waals surface area (Å²) in [7, 11) is 2.11. The number of nitrogens with zero attached hydrogens (tertiary/aromatic N) is 5. The third-order valence-electron chi connectivity index (χ3n) is 6.32. The molecule has 0 aliphatic carbocycles. The molecule has 8 nitrogen and oxygen atoms in total. The van der Waals surface area contributed by atoms with Crippen LogP contribution in [-0.2, 0) is 19.3 Å². The molecule has 1 aliphatic heterocycles. The number of carbonyl (C=O) groups excluding carboxylic acids is 1. The van der Waals surface area contributed by atoms with E-state index >= 15 is 0 Å². The van der Waals surface area contributed by atoms with Crippen molar-refractivity contribution in [3.63, 3.8) is 0 Å². The van der Waals surface area contributed by atoms with E-state index in [1.54, 1.807) is 23.2 Å². The van der Waals surface area contributed by atoms with E-state index in [1.807, 2.05) is 6.07 Å². The van der Waals surface area contributed by atoms with Gasteiger partial charge in [0.15, 0.2) is 0 Å². The minimum atomic E-state index is -4.52. The summed E-state index contributed by atoms with van der Waals surface area (Å²) in [5.74, 6) is -0.602. The number of benzene rings is 1. The maximum atomic E-state index is 13.4. The lowest BCUT2D eigenvalue weighted by molar-refractivity contribution is -0.138. The van der Waals surface area contributed by atoms with Gasteiger partial charge in [-0.05, 0) is 19.2 Å². The molecule has 5 rings (SSSR count). The number of hydrogen-bond acceptors (Lipinski definition) is 7. The molecule has 3 aromatic heterocycles. The first-order chi connectivity index (χ1) is 17.7. The van der Waals surface area contributed by atoms with E-state index in [0.29, 0.717) is 17.1 Å². The number of fused-ring (bicyclic) bond motifs is 1. The maximum absolute atomic E-state index is 13.4. The standard InChI is InChI=1S/C25H25F3N6O2S/c1-32-6-8-33(9-7-32)13-17-10-20-19(12-30-17)31-15-34(20)22-11-21(23(37-22)24(29)35)36-14-16-4-2-3-5-18(16)25(26,27)28/h2-5,10-12,15H,6-9,13-14H2,1H3,(H2,29,35). The van der Waals surface area contributed by atoms with Gasteiger partial charge in [0, 0.05) is 44.4 Å². The number of hydrogen-bond donors (Lipinski definition) is 1. The Morgan fingerprint density at radius 1 is 1.14 bits per heavy atom. The van der Waals surface area contributed by atoms with Gasteiger partial charge in [-0.2, -0.15) is 13.2 Å². The zero-order chi connectivity index (χ0) is 26.2. The predicted octanol–water partition coefficient (Wildman–Crippen LogP) is 3.93. The Labute approximate surface area is 215 Å². The van der Waals surface area contributed by atoms with E-state index in [-0.39, 0.29) is 22.8 Å². The Hall–Kier alpha value is -3.48. The zero-order valence-corrected chi connectivity index (χ0v) is 20.8. The Bertz CT molecular complexity index is 1430. The molecule has 4 heterocycles. The first kappa shape index (κ1) is 25.2. The van der Waals surface area contributed by atoms with E-state index in [2.05, 4.69) is 26.8 Å². The first-order valence-corrected chi connectivity index (χ1v) is 12.5. The highest BCUT2D eigenvalue weighted by molar-refractivity contribution is 7.16. The number of ether oxygens (including phenoxy) is 1. The average molecular weight is 531 g/mol. The molecule has 1 saturated heterocycles. The number of amides is 1. The summed E-state index contributed by atoms with van der Waals surface area (Å²) in [6.07, 6.45) is -1.19. The number of piperazine rings is 1. The van der Waals surface area contributed by atoms with Crippen LogP contribution in [0.15, 0.2) is 48.9 Å². The van der Waals surface area contributed by atoms with Crippen LogP contribution in [0.5, 0.6) is 5.75 Å². The van der Waals surface area contributed by atoms with Crippen LogP contribution in [0.2, 0.25) is 0 Å². The quantitative estimate of drug-likeness (QED) is 0.390. The lowest BCUT2D eigenvalue weighted by Crippen LogP contribution is -2.44. The topological polar surface area (TPSA) is 89.5 Å². The van der Waals surface area contributed by atoms with Crippen molar-refractivity contribution in [1.82, 2.24) is 24.3 Å². The fourth-order valence-corrected chi connectivity index (χ4v) is 5.23. The minimum absolute atomic E-state index is 0.0362. The van der Waals surface area contributed by atoms with Crippen molar-refractivity contribution < 1.29 is 22.7 Å². The zero-order valence-electron chi connectivity index (χ0n) is 20.0. The number of carbonyl (C=O) groups is 1.